The van der Waals surface area contributed by atoms with Gasteiger partial charge in [-0.2, -0.15) is 5.26 Å². The first kappa shape index (κ1) is 11.3. The molecule has 1 heterocycles. The van der Waals surface area contributed by atoms with Gasteiger partial charge in [0.2, 0.25) is 0 Å². The Morgan fingerprint density at radius 1 is 1.24 bits per heavy atom. The van der Waals surface area contributed by atoms with Crippen LogP contribution in [0.1, 0.15) is 16.9 Å². The molecule has 0 aliphatic heterocycles. The maximum atomic E-state index is 8.57. The van der Waals surface area contributed by atoms with E-state index in [1.165, 1.54) is 0 Å². The van der Waals surface area contributed by atoms with Crippen molar-refractivity contribution in [2.24, 2.45) is 0 Å². The minimum Gasteiger partial charge on any atom is -0.467 e. The van der Waals surface area contributed by atoms with E-state index in [0.717, 1.165) is 22.6 Å². The van der Waals surface area contributed by atoms with E-state index >= 15 is 0 Å². The van der Waals surface area contributed by atoms with Crippen LogP contribution in [0.15, 0.2) is 41.0 Å². The van der Waals surface area contributed by atoms with Crippen LogP contribution in [0.4, 0.5) is 5.69 Å². The zero-order valence-corrected chi connectivity index (χ0v) is 9.73. The average Bonchev–Trinajstić information content (AvgIpc) is 2.75. The third-order valence-corrected chi connectivity index (χ3v) is 2.66. The summed E-state index contributed by atoms with van der Waals surface area (Å²) in [4.78, 5) is 0. The lowest BCUT2D eigenvalue weighted by Crippen LogP contribution is -1.99. The van der Waals surface area contributed by atoms with E-state index < -0.39 is 0 Å². The van der Waals surface area contributed by atoms with Crippen molar-refractivity contribution >= 4 is 5.69 Å². The number of anilines is 1. The third-order valence-electron chi connectivity index (χ3n) is 2.66. The number of benzene rings is 1. The normalized spacial score (nSPS) is 9.88. The summed E-state index contributed by atoms with van der Waals surface area (Å²) in [5, 5.41) is 11.9. The number of hydrogen-bond acceptors (Lipinski definition) is 3. The predicted molar refractivity (Wildman–Crippen MR) is 66.5 cm³/mol. The van der Waals surface area contributed by atoms with Gasteiger partial charge in [-0.3, -0.25) is 0 Å². The van der Waals surface area contributed by atoms with Crippen molar-refractivity contribution in [3.63, 3.8) is 0 Å². The minimum absolute atomic E-state index is 0.456. The second kappa shape index (κ2) is 5.22. The highest BCUT2D eigenvalue weighted by molar-refractivity contribution is 5.45. The number of rotatable bonds is 4. The van der Waals surface area contributed by atoms with Crippen LogP contribution >= 0.6 is 0 Å². The molecule has 1 aromatic carbocycles. The highest BCUT2D eigenvalue weighted by atomic mass is 16.3. The Morgan fingerprint density at radius 2 is 2.00 bits per heavy atom. The molecule has 0 bridgehead atoms. The first-order chi connectivity index (χ1) is 8.29. The van der Waals surface area contributed by atoms with Crippen LogP contribution in [0.25, 0.3) is 0 Å². The first-order valence-electron chi connectivity index (χ1n) is 5.52. The van der Waals surface area contributed by atoms with Crippen LogP contribution in [0.3, 0.4) is 0 Å². The molecular weight excluding hydrogens is 212 g/mol. The van der Waals surface area contributed by atoms with Gasteiger partial charge in [-0.1, -0.05) is 12.1 Å². The number of aryl methyl sites for hydroxylation is 1. The van der Waals surface area contributed by atoms with Gasteiger partial charge < -0.3 is 9.73 Å². The Balaban J connectivity index is 1.96. The van der Waals surface area contributed by atoms with Gasteiger partial charge in [0.1, 0.15) is 5.76 Å². The smallest absolute Gasteiger partial charge is 0.125 e. The molecule has 0 saturated heterocycles. The molecule has 1 N–H and O–H groups in total. The molecule has 2 rings (SSSR count). The van der Waals surface area contributed by atoms with Crippen LogP contribution in [-0.4, -0.2) is 0 Å². The van der Waals surface area contributed by atoms with E-state index in [0.29, 0.717) is 13.0 Å². The number of hydrogen-bond donors (Lipinski definition) is 1. The van der Waals surface area contributed by atoms with E-state index in [-0.39, 0.29) is 0 Å². The van der Waals surface area contributed by atoms with E-state index in [1.807, 2.05) is 37.3 Å². The minimum atomic E-state index is 0.456. The highest BCUT2D eigenvalue weighted by Crippen LogP contribution is 2.14. The lowest BCUT2D eigenvalue weighted by molar-refractivity contribution is 0.515. The van der Waals surface area contributed by atoms with Crippen LogP contribution in [0, 0.1) is 18.3 Å². The van der Waals surface area contributed by atoms with Gasteiger partial charge in [0.25, 0.3) is 0 Å². The van der Waals surface area contributed by atoms with Crippen molar-refractivity contribution in [1.29, 1.82) is 5.26 Å². The van der Waals surface area contributed by atoms with Gasteiger partial charge >= 0.3 is 0 Å². The lowest BCUT2D eigenvalue weighted by atomic mass is 10.1. The Morgan fingerprint density at radius 3 is 2.59 bits per heavy atom. The molecule has 3 nitrogen and oxygen atoms in total. The molecule has 0 aliphatic rings. The number of nitriles is 1. The second-order valence-electron chi connectivity index (χ2n) is 3.91. The molecule has 0 atom stereocenters. The van der Waals surface area contributed by atoms with Crippen molar-refractivity contribution in [3.8, 4) is 6.07 Å². The fourth-order valence-corrected chi connectivity index (χ4v) is 1.60. The van der Waals surface area contributed by atoms with Gasteiger partial charge in [-0.05, 0) is 36.2 Å². The molecule has 0 saturated carbocycles. The molecule has 0 unspecified atom stereocenters. The summed E-state index contributed by atoms with van der Waals surface area (Å²) < 4.78 is 5.34. The summed E-state index contributed by atoms with van der Waals surface area (Å²) >= 11 is 0. The van der Waals surface area contributed by atoms with Crippen LogP contribution < -0.4 is 5.32 Å². The molecule has 0 radical (unpaired) electrons. The van der Waals surface area contributed by atoms with Crippen LogP contribution in [0.2, 0.25) is 0 Å². The van der Waals surface area contributed by atoms with Crippen molar-refractivity contribution in [2.45, 2.75) is 19.9 Å². The first-order valence-corrected chi connectivity index (χ1v) is 5.52. The fraction of sp³-hybridized carbons (Fsp3) is 0.214. The molecule has 0 spiro atoms. The second-order valence-corrected chi connectivity index (χ2v) is 3.91. The maximum absolute atomic E-state index is 8.57. The quantitative estimate of drug-likeness (QED) is 0.870. The van der Waals surface area contributed by atoms with Gasteiger partial charge in [-0.15, -0.1) is 0 Å². The van der Waals surface area contributed by atoms with E-state index in [2.05, 4.69) is 11.4 Å². The average molecular weight is 226 g/mol. The summed E-state index contributed by atoms with van der Waals surface area (Å²) in [6, 6.07) is 12.0. The van der Waals surface area contributed by atoms with E-state index in [1.54, 1.807) is 6.26 Å². The molecule has 86 valence electrons. The van der Waals surface area contributed by atoms with E-state index in [9.17, 15) is 0 Å². The largest absolute Gasteiger partial charge is 0.467 e. The van der Waals surface area contributed by atoms with Crippen molar-refractivity contribution in [2.75, 3.05) is 5.32 Å². The molecule has 0 amide bonds. The number of nitrogens with zero attached hydrogens (tertiary/aromatic N) is 1. The SMILES string of the molecule is Cc1ccoc1CNc1ccc(CC#N)cc1. The van der Waals surface area contributed by atoms with Crippen molar-refractivity contribution in [1.82, 2.24) is 0 Å². The fourth-order valence-electron chi connectivity index (χ4n) is 1.60. The monoisotopic (exact) mass is 226 g/mol. The Kier molecular flexibility index (Phi) is 3.46. The maximum Gasteiger partial charge on any atom is 0.125 e. The topological polar surface area (TPSA) is 49.0 Å². The molecule has 0 fully saturated rings. The van der Waals surface area contributed by atoms with E-state index in [4.69, 9.17) is 9.68 Å². The van der Waals surface area contributed by atoms with Crippen LogP contribution in [-0.2, 0) is 13.0 Å². The number of nitrogens with one attached hydrogen (secondary N) is 1. The van der Waals surface area contributed by atoms with Gasteiger partial charge in [0.05, 0.1) is 25.3 Å². The standard InChI is InChI=1S/C14H14N2O/c1-11-7-9-17-14(11)10-16-13-4-2-12(3-5-13)6-8-15/h2-5,7,9,16H,6,10H2,1H3. The van der Waals surface area contributed by atoms with Crippen molar-refractivity contribution < 1.29 is 4.42 Å². The number of furan rings is 1. The summed E-state index contributed by atoms with van der Waals surface area (Å²) in [7, 11) is 0. The van der Waals surface area contributed by atoms with Crippen molar-refractivity contribution in [3.05, 3.63) is 53.5 Å². The van der Waals surface area contributed by atoms with Gasteiger partial charge in [0.15, 0.2) is 0 Å². The Hall–Kier alpha value is -2.21. The Bertz CT molecular complexity index is 520. The zero-order chi connectivity index (χ0) is 12.1. The zero-order valence-electron chi connectivity index (χ0n) is 9.73. The lowest BCUT2D eigenvalue weighted by Gasteiger charge is -2.05. The molecular formula is C14H14N2O. The summed E-state index contributed by atoms with van der Waals surface area (Å²) in [5.41, 5.74) is 3.22. The molecule has 2 aromatic rings. The predicted octanol–water partition coefficient (Wildman–Crippen LogP) is 3.27. The molecule has 17 heavy (non-hydrogen) atoms. The summed E-state index contributed by atoms with van der Waals surface area (Å²) in [6.07, 6.45) is 2.15. The Labute approximate surface area is 101 Å². The molecule has 0 aliphatic carbocycles. The van der Waals surface area contributed by atoms with Crippen LogP contribution in [0.5, 0.6) is 0 Å². The highest BCUT2D eigenvalue weighted by Gasteiger charge is 2.01. The third kappa shape index (κ3) is 2.88. The molecule has 3 heteroatoms. The summed E-state index contributed by atoms with van der Waals surface area (Å²) in [5.74, 6) is 0.950. The van der Waals surface area contributed by atoms with Gasteiger partial charge in [-0.25, -0.2) is 0 Å². The molecule has 1 aromatic heterocycles. The van der Waals surface area contributed by atoms with Gasteiger partial charge in [0, 0.05) is 5.69 Å². The summed E-state index contributed by atoms with van der Waals surface area (Å²) in [6.45, 7) is 2.70.